The van der Waals surface area contributed by atoms with Gasteiger partial charge in [-0.25, -0.2) is 34.1 Å². The number of fused-ring (bicyclic) bond motifs is 6. The molecule has 0 saturated carbocycles. The van der Waals surface area contributed by atoms with Crippen LogP contribution in [0.25, 0.3) is 33.5 Å². The van der Waals surface area contributed by atoms with Gasteiger partial charge in [0.15, 0.2) is 22.7 Å². The predicted molar refractivity (Wildman–Crippen MR) is 373 cm³/mol. The molecule has 556 valence electrons. The molecule has 0 saturated heterocycles. The van der Waals surface area contributed by atoms with E-state index in [-0.39, 0.29) is 102 Å². The van der Waals surface area contributed by atoms with Crippen molar-refractivity contribution >= 4 is 133 Å². The number of aromatic amines is 1. The van der Waals surface area contributed by atoms with Crippen molar-refractivity contribution in [1.82, 2.24) is 61.4 Å². The highest BCUT2D eigenvalue weighted by Gasteiger charge is 2.46. The summed E-state index contributed by atoms with van der Waals surface area (Å²) in [5.41, 5.74) is 11.0. The maximum absolute atomic E-state index is 14.0. The molecule has 18 N–H and O–H groups in total. The lowest BCUT2D eigenvalue weighted by Gasteiger charge is -2.31. The topological polar surface area (TPSA) is 600 Å². The molecule has 3 aromatic carbocycles. The Morgan fingerprint density at radius 2 is 1.42 bits per heavy atom. The van der Waals surface area contributed by atoms with Crippen molar-refractivity contribution in [1.29, 1.82) is 5.41 Å². The first-order valence-electron chi connectivity index (χ1n) is 32.2. The molecule has 0 aliphatic carbocycles. The first-order valence-corrected chi connectivity index (χ1v) is 34.5. The summed E-state index contributed by atoms with van der Waals surface area (Å²) < 4.78 is 17.7. The average molecular weight is 1500 g/mol. The molecule has 6 heterocycles. The van der Waals surface area contributed by atoms with Gasteiger partial charge in [0, 0.05) is 51.4 Å². The van der Waals surface area contributed by atoms with Crippen molar-refractivity contribution < 1.29 is 97.3 Å². The van der Waals surface area contributed by atoms with E-state index in [1.807, 2.05) is 6.92 Å². The number of esters is 1. The second-order valence-corrected chi connectivity index (χ2v) is 26.3. The van der Waals surface area contributed by atoms with Gasteiger partial charge in [-0.05, 0) is 104 Å². The Morgan fingerprint density at radius 3 is 2.08 bits per heavy atom. The van der Waals surface area contributed by atoms with Crippen molar-refractivity contribution in [3.05, 3.63) is 139 Å². The minimum absolute atomic E-state index is 0.0144. The van der Waals surface area contributed by atoms with Crippen LogP contribution in [0.2, 0.25) is 0 Å². The molecule has 0 radical (unpaired) electrons. The van der Waals surface area contributed by atoms with E-state index in [0.717, 1.165) is 38.9 Å². The molecule has 38 nitrogen and oxygen atoms in total. The third-order valence-electron chi connectivity index (χ3n) is 16.6. The number of benzene rings is 3. The molecule has 106 heavy (non-hydrogen) atoms. The second kappa shape index (κ2) is 34.1. The second-order valence-electron chi connectivity index (χ2n) is 23.8. The molecule has 0 spiro atoms. The number of rotatable bonds is 33. The zero-order valence-corrected chi connectivity index (χ0v) is 57.6. The number of carboxylic acid groups (broad SMARTS) is 4. The normalized spacial score (nSPS) is 14.7. The largest absolute Gasteiger partial charge is 0.514 e. The maximum Gasteiger partial charge on any atom is 0.514 e. The third kappa shape index (κ3) is 19.0. The van der Waals surface area contributed by atoms with Gasteiger partial charge in [-0.15, -0.1) is 0 Å². The van der Waals surface area contributed by atoms with E-state index in [2.05, 4.69) is 57.2 Å². The first-order chi connectivity index (χ1) is 50.4. The fourth-order valence-electron chi connectivity index (χ4n) is 11.2. The molecule has 9 rings (SSSR count). The number of aliphatic hydroxyl groups is 1. The molecule has 0 bridgehead atoms. The molecule has 6 amide bonds. The number of carbonyl (C=O) groups is 12. The lowest BCUT2D eigenvalue weighted by molar-refractivity contribution is -0.172. The number of ether oxygens (including phenoxy) is 3. The number of carboxylic acids is 4. The third-order valence-corrected chi connectivity index (χ3v) is 19.0. The molecule has 0 unspecified atom stereocenters. The summed E-state index contributed by atoms with van der Waals surface area (Å²) in [4.78, 5) is 201. The number of cyclic esters (lactones) is 1. The van der Waals surface area contributed by atoms with Gasteiger partial charge in [-0.1, -0.05) is 47.6 Å². The molecule has 2 aliphatic heterocycles. The number of H-pyrrole nitrogens is 1. The number of amides is 6. The molecular formula is C66H68N16O22S2. The molecule has 40 heteroatoms. The van der Waals surface area contributed by atoms with Gasteiger partial charge in [0.25, 0.3) is 22.9 Å². The number of anilines is 2. The van der Waals surface area contributed by atoms with Crippen molar-refractivity contribution in [3.63, 3.8) is 0 Å². The van der Waals surface area contributed by atoms with E-state index in [9.17, 15) is 92.7 Å². The van der Waals surface area contributed by atoms with Gasteiger partial charge in [0.1, 0.15) is 54.9 Å². The smallest absolute Gasteiger partial charge is 0.481 e. The first kappa shape index (κ1) is 77.6. The predicted octanol–water partition coefficient (Wildman–Crippen LogP) is 0.859. The lowest BCUT2D eigenvalue weighted by atomic mass is 9.86. The van der Waals surface area contributed by atoms with E-state index in [1.165, 1.54) is 34.9 Å². The van der Waals surface area contributed by atoms with E-state index in [0.29, 0.717) is 39.2 Å². The van der Waals surface area contributed by atoms with Gasteiger partial charge < -0.3 is 93.0 Å². The summed E-state index contributed by atoms with van der Waals surface area (Å²) in [5.74, 6) is -14.9. The SMILES string of the molecule is CCc1c2c(nc3ccc(OC(=O)OCc4ccc(SSC[C@H](NC(=O)[C@H](CC(=O)O)NC(=O)[C@H](CCCNC(=N)N)NC(=O)[C@H](CC(=O)O)NC(=O)CC[C@H](NC(=O)c5ccc(NC(=O)c6cnc7nc(N)[nH]c(=O)c7n6)cc5)C(=O)O)C(=O)O)cc4)cc13)-c1cc3c(c(=O)n1C2)COC(=O)[C@]3(O)CC. The van der Waals surface area contributed by atoms with Crippen LogP contribution < -0.4 is 64.5 Å². The molecule has 4 aromatic heterocycles. The molecular weight excluding hydrogens is 1430 g/mol. The van der Waals surface area contributed by atoms with Crippen LogP contribution in [-0.4, -0.2) is 175 Å². The highest BCUT2D eigenvalue weighted by molar-refractivity contribution is 8.76. The summed E-state index contributed by atoms with van der Waals surface area (Å²) in [6.45, 7) is 3.09. The Bertz CT molecular complexity index is 4830. The van der Waals surface area contributed by atoms with Gasteiger partial charge in [-0.3, -0.25) is 58.3 Å². The van der Waals surface area contributed by atoms with E-state index >= 15 is 0 Å². The fraction of sp³-hybridized carbons (Fsp3) is 0.318. The zero-order chi connectivity index (χ0) is 76.8. The molecule has 2 aliphatic rings. The standard InChI is InChI=1S/C66H68N16O22S2/c1-3-34-35-20-32(13-16-39(35)74-50-36(34)25-82-46(50)21-38-37(59(82)94)27-102-62(99)66(38,101)4-2)104-65(100)103-26-29-7-14-33(15-8-29)106-105-28-45(61(97)98)79-56(91)43(23-49(86)87)78-54(89)40(6-5-19-70-63(67)68)76-55(90)42(22-48(84)85)73-47(83)18-17-41(60(95)96)77-53(88)30-9-11-31(12-10-30)72-57(92)44-24-71-52-51(75-44)58(93)81-64(69)80-52/h7-16,20-21,24,40-43,45,101H,3-6,17-19,22-23,25-28H2,1-2H3,(H,72,92)(H,73,83)(H,76,90)(H,77,88)(H,78,89)(H,79,91)(H,84,85)(H,86,87)(H,95,96)(H,97,98)(H4,67,68,70)(H3,69,71,80,81,93)/t40-,41-,42-,43-,45-,66-/m0/s1. The number of nitrogens with one attached hydrogen (secondary N) is 9. The van der Waals surface area contributed by atoms with E-state index in [1.54, 1.807) is 49.4 Å². The molecule has 7 aromatic rings. The van der Waals surface area contributed by atoms with Gasteiger partial charge in [-0.2, -0.15) is 4.98 Å². The Hall–Kier alpha value is -12.6. The Labute approximate surface area is 604 Å². The van der Waals surface area contributed by atoms with Crippen LogP contribution in [0.3, 0.4) is 0 Å². The van der Waals surface area contributed by atoms with Crippen LogP contribution in [0.15, 0.2) is 93.5 Å². The van der Waals surface area contributed by atoms with Crippen molar-refractivity contribution in [2.75, 3.05) is 23.3 Å². The highest BCUT2D eigenvalue weighted by atomic mass is 33.1. The van der Waals surface area contributed by atoms with Crippen LogP contribution in [0.1, 0.15) is 107 Å². The summed E-state index contributed by atoms with van der Waals surface area (Å²) in [5, 5.41) is 75.0. The summed E-state index contributed by atoms with van der Waals surface area (Å²) >= 11 is 0. The summed E-state index contributed by atoms with van der Waals surface area (Å²) in [6, 6.07) is 8.74. The molecule has 0 fully saturated rings. The van der Waals surface area contributed by atoms with Crippen LogP contribution in [0, 0.1) is 5.41 Å². The Balaban J connectivity index is 0.752. The Morgan fingerprint density at radius 1 is 0.764 bits per heavy atom. The number of nitrogen functional groups attached to an aromatic ring is 1. The van der Waals surface area contributed by atoms with Gasteiger partial charge in [0.05, 0.1) is 48.1 Å². The van der Waals surface area contributed by atoms with Crippen molar-refractivity contribution in [2.45, 2.75) is 126 Å². The minimum Gasteiger partial charge on any atom is -0.481 e. The quantitative estimate of drug-likeness (QED) is 0.00677. The van der Waals surface area contributed by atoms with Gasteiger partial charge in [0.2, 0.25) is 29.6 Å². The molecule has 6 atom stereocenters. The number of nitrogens with zero attached hydrogens (tertiary/aromatic N) is 5. The monoisotopic (exact) mass is 1500 g/mol. The number of aromatic nitrogens is 6. The lowest BCUT2D eigenvalue weighted by Crippen LogP contribution is -2.58. The fourth-order valence-corrected chi connectivity index (χ4v) is 13.4. The van der Waals surface area contributed by atoms with Gasteiger partial charge >= 0.3 is 36.0 Å². The number of hydrogen-bond acceptors (Lipinski definition) is 26. The van der Waals surface area contributed by atoms with Crippen LogP contribution in [0.5, 0.6) is 5.75 Å². The average Bonchev–Trinajstić information content (AvgIpc) is 1.56. The van der Waals surface area contributed by atoms with Crippen LogP contribution >= 0.6 is 21.6 Å². The van der Waals surface area contributed by atoms with E-state index < -0.39 is 150 Å². The minimum atomic E-state index is -2.00. The number of guanidine groups is 1. The summed E-state index contributed by atoms with van der Waals surface area (Å²) in [6.07, 6.45) is -3.56. The number of aliphatic carboxylic acids is 4. The van der Waals surface area contributed by atoms with Crippen molar-refractivity contribution in [3.8, 4) is 17.1 Å². The van der Waals surface area contributed by atoms with Crippen LogP contribution in [0.4, 0.5) is 16.4 Å². The van der Waals surface area contributed by atoms with E-state index in [4.69, 9.17) is 36.1 Å². The number of aryl methyl sites for hydroxylation is 1. The zero-order valence-electron chi connectivity index (χ0n) is 56.0. The number of pyridine rings is 2. The number of hydrogen-bond donors (Lipinski definition) is 16. The number of carbonyl (C=O) groups excluding carboxylic acids is 8. The highest BCUT2D eigenvalue weighted by Crippen LogP contribution is 2.41. The summed E-state index contributed by atoms with van der Waals surface area (Å²) in [7, 11) is 2.04. The Kier molecular flexibility index (Phi) is 25.0. The van der Waals surface area contributed by atoms with Crippen molar-refractivity contribution in [2.24, 2.45) is 5.73 Å². The van der Waals surface area contributed by atoms with Crippen LogP contribution in [-0.2, 0) is 84.4 Å². The maximum atomic E-state index is 14.0. The number of nitrogens with two attached hydrogens (primary N) is 2.